The lowest BCUT2D eigenvalue weighted by atomic mass is 9.85. The molecule has 2 N–H and O–H groups in total. The first-order valence-corrected chi connectivity index (χ1v) is 11.1. The van der Waals surface area contributed by atoms with Crippen LogP contribution in [0.1, 0.15) is 44.7 Å². The smallest absolute Gasteiger partial charge is 0.228 e. The molecule has 31 heavy (non-hydrogen) atoms. The average molecular weight is 446 g/mol. The minimum Gasteiger partial charge on any atom is -0.381 e. The van der Waals surface area contributed by atoms with Gasteiger partial charge in [0.15, 0.2) is 0 Å². The van der Waals surface area contributed by atoms with E-state index in [0.29, 0.717) is 17.3 Å². The first-order chi connectivity index (χ1) is 14.9. The molecule has 2 aliphatic rings. The zero-order valence-corrected chi connectivity index (χ0v) is 18.6. The lowest BCUT2D eigenvalue weighted by Gasteiger charge is -2.28. The summed E-state index contributed by atoms with van der Waals surface area (Å²) in [5.41, 5.74) is 2.81. The fraction of sp³-hybridized carbons (Fsp3) is 0.545. The van der Waals surface area contributed by atoms with Crippen LogP contribution in [-0.2, 0) is 27.3 Å². The topological polar surface area (TPSA) is 98.1 Å². The quantitative estimate of drug-likeness (QED) is 0.736. The molecule has 8 nitrogen and oxygen atoms in total. The Morgan fingerprint density at radius 2 is 2.06 bits per heavy atom. The van der Waals surface area contributed by atoms with Crippen LogP contribution < -0.4 is 10.6 Å². The van der Waals surface area contributed by atoms with Crippen LogP contribution in [0.15, 0.2) is 18.5 Å². The van der Waals surface area contributed by atoms with E-state index < -0.39 is 0 Å². The lowest BCUT2D eigenvalue weighted by molar-refractivity contribution is -0.123. The number of methoxy groups -OCH3 is 1. The van der Waals surface area contributed by atoms with Crippen LogP contribution in [-0.4, -0.2) is 45.8 Å². The number of carbonyl (C=O) groups is 2. The van der Waals surface area contributed by atoms with Crippen LogP contribution in [0, 0.1) is 5.92 Å². The molecule has 3 atom stereocenters. The molecule has 0 spiro atoms. The van der Waals surface area contributed by atoms with Crippen molar-refractivity contribution in [3.63, 3.8) is 0 Å². The molecule has 2 aromatic heterocycles. The van der Waals surface area contributed by atoms with Crippen LogP contribution >= 0.6 is 11.6 Å². The summed E-state index contributed by atoms with van der Waals surface area (Å²) in [6, 6.07) is 1.85. The van der Waals surface area contributed by atoms with E-state index in [2.05, 4.69) is 20.7 Å². The molecule has 166 valence electrons. The van der Waals surface area contributed by atoms with Crippen molar-refractivity contribution in [3.05, 3.63) is 29.2 Å². The minimum atomic E-state index is -0.155. The van der Waals surface area contributed by atoms with Crippen molar-refractivity contribution in [3.8, 4) is 11.1 Å². The zero-order chi connectivity index (χ0) is 22.0. The Morgan fingerprint density at radius 3 is 2.84 bits per heavy atom. The Kier molecular flexibility index (Phi) is 6.57. The Balaban J connectivity index is 1.51. The van der Waals surface area contributed by atoms with E-state index >= 15 is 0 Å². The van der Waals surface area contributed by atoms with E-state index in [0.717, 1.165) is 55.5 Å². The third kappa shape index (κ3) is 4.91. The monoisotopic (exact) mass is 445 g/mol. The number of halogens is 1. The molecule has 2 amide bonds. The summed E-state index contributed by atoms with van der Waals surface area (Å²) >= 11 is 6.47. The summed E-state index contributed by atoms with van der Waals surface area (Å²) in [6.07, 6.45) is 8.49. The van der Waals surface area contributed by atoms with E-state index in [-0.39, 0.29) is 29.9 Å². The fourth-order valence-corrected chi connectivity index (χ4v) is 4.82. The summed E-state index contributed by atoms with van der Waals surface area (Å²) in [5.74, 6) is 0.172. The number of fused-ring (bicyclic) bond motifs is 1. The number of amides is 2. The number of ether oxygens (including phenoxy) is 1. The first-order valence-electron chi connectivity index (χ1n) is 10.8. The number of anilines is 1. The van der Waals surface area contributed by atoms with Crippen molar-refractivity contribution in [2.75, 3.05) is 12.4 Å². The van der Waals surface area contributed by atoms with Crippen molar-refractivity contribution >= 4 is 29.2 Å². The van der Waals surface area contributed by atoms with Crippen LogP contribution in [0.25, 0.3) is 11.1 Å². The molecule has 4 rings (SSSR count). The molecule has 1 saturated carbocycles. The molecule has 9 heteroatoms. The van der Waals surface area contributed by atoms with E-state index in [4.69, 9.17) is 16.3 Å². The van der Waals surface area contributed by atoms with Gasteiger partial charge in [-0.05, 0) is 31.7 Å². The van der Waals surface area contributed by atoms with Gasteiger partial charge in [0.25, 0.3) is 0 Å². The minimum absolute atomic E-state index is 0.0448. The predicted octanol–water partition coefficient (Wildman–Crippen LogP) is 3.19. The van der Waals surface area contributed by atoms with Gasteiger partial charge in [-0.3, -0.25) is 14.3 Å². The summed E-state index contributed by atoms with van der Waals surface area (Å²) in [7, 11) is 1.73. The van der Waals surface area contributed by atoms with E-state index in [9.17, 15) is 9.59 Å². The van der Waals surface area contributed by atoms with Gasteiger partial charge in [0.2, 0.25) is 11.8 Å². The number of rotatable bonds is 5. The van der Waals surface area contributed by atoms with Crippen molar-refractivity contribution in [1.82, 2.24) is 20.1 Å². The second-order valence-electron chi connectivity index (χ2n) is 8.38. The first kappa shape index (κ1) is 21.8. The Morgan fingerprint density at radius 1 is 1.23 bits per heavy atom. The van der Waals surface area contributed by atoms with Gasteiger partial charge in [0.05, 0.1) is 17.3 Å². The van der Waals surface area contributed by atoms with Crippen molar-refractivity contribution in [2.24, 2.45) is 5.92 Å². The number of nitrogens with zero attached hydrogens (tertiary/aromatic N) is 3. The molecule has 3 heterocycles. The second kappa shape index (κ2) is 9.36. The van der Waals surface area contributed by atoms with Gasteiger partial charge in [-0.2, -0.15) is 5.10 Å². The Labute approximate surface area is 186 Å². The van der Waals surface area contributed by atoms with Crippen LogP contribution in [0.2, 0.25) is 5.02 Å². The highest BCUT2D eigenvalue weighted by atomic mass is 35.5. The zero-order valence-electron chi connectivity index (χ0n) is 17.9. The van der Waals surface area contributed by atoms with Gasteiger partial charge >= 0.3 is 0 Å². The number of aryl methyl sites for hydroxylation is 1. The van der Waals surface area contributed by atoms with Crippen molar-refractivity contribution < 1.29 is 14.3 Å². The average Bonchev–Trinajstić information content (AvgIpc) is 3.17. The maximum Gasteiger partial charge on any atom is 0.228 e. The molecule has 0 bridgehead atoms. The summed E-state index contributed by atoms with van der Waals surface area (Å²) < 4.78 is 7.54. The molecule has 2 aromatic rings. The number of hydrogen-bond acceptors (Lipinski definition) is 5. The van der Waals surface area contributed by atoms with Gasteiger partial charge in [0.1, 0.15) is 5.82 Å². The Hall–Kier alpha value is -2.45. The number of nitrogens with one attached hydrogen (secondary N) is 2. The van der Waals surface area contributed by atoms with E-state index in [1.54, 1.807) is 13.3 Å². The largest absolute Gasteiger partial charge is 0.381 e. The SMILES string of the molecule is COC1CCn2ncc(-c3cc(NC(=O)[C@@H]4CCC[C@@H](NC(C)=O)C4)ncc3Cl)c2C1. The number of hydrogen-bond donors (Lipinski definition) is 2. The number of aromatic nitrogens is 3. The highest BCUT2D eigenvalue weighted by Crippen LogP contribution is 2.34. The van der Waals surface area contributed by atoms with Gasteiger partial charge in [-0.25, -0.2) is 4.98 Å². The third-order valence-corrected chi connectivity index (χ3v) is 6.52. The summed E-state index contributed by atoms with van der Waals surface area (Å²) in [5, 5.41) is 10.9. The molecule has 1 unspecified atom stereocenters. The number of carbonyl (C=O) groups excluding carboxylic acids is 2. The normalized spacial score (nSPS) is 23.1. The molecule has 1 aliphatic heterocycles. The third-order valence-electron chi connectivity index (χ3n) is 6.22. The Bertz CT molecular complexity index is 976. The van der Waals surface area contributed by atoms with Crippen LogP contribution in [0.5, 0.6) is 0 Å². The highest BCUT2D eigenvalue weighted by molar-refractivity contribution is 6.33. The van der Waals surface area contributed by atoms with Gasteiger partial charge < -0.3 is 15.4 Å². The molecule has 0 radical (unpaired) electrons. The van der Waals surface area contributed by atoms with E-state index in [1.807, 2.05) is 16.9 Å². The van der Waals surface area contributed by atoms with Gasteiger partial charge in [0, 0.05) is 62.0 Å². The van der Waals surface area contributed by atoms with Crippen LogP contribution in [0.3, 0.4) is 0 Å². The maximum atomic E-state index is 12.9. The molecule has 0 aromatic carbocycles. The molecule has 1 aliphatic carbocycles. The standard InChI is InChI=1S/C22H28ClN5O3/c1-13(29)26-15-5-3-4-14(8-15)22(30)27-21-10-17(19(23)12-24-21)18-11-25-28-7-6-16(31-2)9-20(18)28/h10-12,14-16H,3-9H2,1-2H3,(H,26,29)(H,24,27,30)/t14-,15-,16?/m1/s1. The van der Waals surface area contributed by atoms with Crippen molar-refractivity contribution in [2.45, 2.75) is 64.1 Å². The predicted molar refractivity (Wildman–Crippen MR) is 118 cm³/mol. The fourth-order valence-electron chi connectivity index (χ4n) is 4.62. The van der Waals surface area contributed by atoms with Crippen LogP contribution in [0.4, 0.5) is 5.82 Å². The molecular weight excluding hydrogens is 418 g/mol. The lowest BCUT2D eigenvalue weighted by Crippen LogP contribution is -2.40. The number of pyridine rings is 1. The summed E-state index contributed by atoms with van der Waals surface area (Å²) in [6.45, 7) is 2.31. The maximum absolute atomic E-state index is 12.9. The van der Waals surface area contributed by atoms with E-state index in [1.165, 1.54) is 6.92 Å². The molecule has 1 fully saturated rings. The highest BCUT2D eigenvalue weighted by Gasteiger charge is 2.28. The molecule has 0 saturated heterocycles. The van der Waals surface area contributed by atoms with Crippen molar-refractivity contribution in [1.29, 1.82) is 0 Å². The second-order valence-corrected chi connectivity index (χ2v) is 8.79. The van der Waals surface area contributed by atoms with Gasteiger partial charge in [-0.15, -0.1) is 0 Å². The van der Waals surface area contributed by atoms with Gasteiger partial charge in [-0.1, -0.05) is 18.0 Å². The summed E-state index contributed by atoms with van der Waals surface area (Å²) in [4.78, 5) is 28.5. The molecular formula is C22H28ClN5O3.